The van der Waals surface area contributed by atoms with Gasteiger partial charge in [-0.2, -0.15) is 0 Å². The number of hydrogen-bond acceptors (Lipinski definition) is 6. The standard InChI is InChI=1S/C24H25N5O3/c25-21-6-1-2-7-22(21)28-23(30)17-8-10-20(11-9-17)29-14-12-18(15-29)27-24(31)32-16-19-5-3-4-13-26-19/h1-11,13,18H,12,14-16,25H2,(H,27,31)(H,28,30). The molecule has 0 bridgehead atoms. The van der Waals surface area contributed by atoms with Gasteiger partial charge in [0.05, 0.1) is 23.1 Å². The Morgan fingerprint density at radius 3 is 2.59 bits per heavy atom. The molecule has 0 radical (unpaired) electrons. The predicted molar refractivity (Wildman–Crippen MR) is 123 cm³/mol. The molecule has 0 aliphatic carbocycles. The number of benzene rings is 2. The van der Waals surface area contributed by atoms with E-state index in [0.717, 1.165) is 18.7 Å². The van der Waals surface area contributed by atoms with Gasteiger partial charge in [-0.3, -0.25) is 9.78 Å². The van der Waals surface area contributed by atoms with E-state index in [1.165, 1.54) is 0 Å². The van der Waals surface area contributed by atoms with Gasteiger partial charge in [-0.05, 0) is 55.0 Å². The zero-order valence-corrected chi connectivity index (χ0v) is 17.5. The first-order chi connectivity index (χ1) is 15.6. The maximum Gasteiger partial charge on any atom is 0.407 e. The van der Waals surface area contributed by atoms with Crippen molar-refractivity contribution >= 4 is 29.1 Å². The minimum absolute atomic E-state index is 0.00439. The third kappa shape index (κ3) is 5.34. The van der Waals surface area contributed by atoms with E-state index in [2.05, 4.69) is 20.5 Å². The Kier molecular flexibility index (Phi) is 6.50. The van der Waals surface area contributed by atoms with Crippen molar-refractivity contribution in [1.29, 1.82) is 0 Å². The fourth-order valence-electron chi connectivity index (χ4n) is 3.57. The van der Waals surface area contributed by atoms with E-state index in [-0.39, 0.29) is 18.6 Å². The largest absolute Gasteiger partial charge is 0.443 e. The maximum absolute atomic E-state index is 12.5. The second-order valence-corrected chi connectivity index (χ2v) is 7.56. The second kappa shape index (κ2) is 9.82. The van der Waals surface area contributed by atoms with E-state index in [9.17, 15) is 9.59 Å². The van der Waals surface area contributed by atoms with Crippen LogP contribution in [-0.2, 0) is 11.3 Å². The van der Waals surface area contributed by atoms with E-state index >= 15 is 0 Å². The molecular formula is C24H25N5O3. The maximum atomic E-state index is 12.5. The molecule has 1 atom stereocenters. The summed E-state index contributed by atoms with van der Waals surface area (Å²) in [7, 11) is 0. The summed E-state index contributed by atoms with van der Waals surface area (Å²) >= 11 is 0. The SMILES string of the molecule is Nc1ccccc1NC(=O)c1ccc(N2CCC(NC(=O)OCc3ccccn3)C2)cc1. The molecule has 1 aliphatic heterocycles. The second-order valence-electron chi connectivity index (χ2n) is 7.56. The number of alkyl carbamates (subject to hydrolysis) is 1. The number of hydrogen-bond donors (Lipinski definition) is 3. The Bertz CT molecular complexity index is 1070. The average Bonchev–Trinajstić information content (AvgIpc) is 3.28. The number of para-hydroxylation sites is 2. The Morgan fingerprint density at radius 1 is 1.06 bits per heavy atom. The normalized spacial score (nSPS) is 15.2. The van der Waals surface area contributed by atoms with E-state index in [4.69, 9.17) is 10.5 Å². The zero-order valence-electron chi connectivity index (χ0n) is 17.5. The minimum Gasteiger partial charge on any atom is -0.443 e. The number of pyridine rings is 1. The lowest BCUT2D eigenvalue weighted by Gasteiger charge is -2.19. The zero-order chi connectivity index (χ0) is 22.3. The highest BCUT2D eigenvalue weighted by Crippen LogP contribution is 2.22. The number of carbonyl (C=O) groups is 2. The lowest BCUT2D eigenvalue weighted by molar-refractivity contribution is 0.102. The molecule has 1 unspecified atom stereocenters. The van der Waals surface area contributed by atoms with Crippen LogP contribution in [0, 0.1) is 0 Å². The molecule has 2 heterocycles. The van der Waals surface area contributed by atoms with E-state index in [1.807, 2.05) is 42.5 Å². The van der Waals surface area contributed by atoms with Gasteiger partial charge in [0.2, 0.25) is 0 Å². The molecule has 32 heavy (non-hydrogen) atoms. The van der Waals surface area contributed by atoms with Crippen LogP contribution in [0.3, 0.4) is 0 Å². The highest BCUT2D eigenvalue weighted by atomic mass is 16.5. The van der Waals surface area contributed by atoms with E-state index < -0.39 is 6.09 Å². The van der Waals surface area contributed by atoms with Crippen LogP contribution in [0.2, 0.25) is 0 Å². The van der Waals surface area contributed by atoms with Crippen molar-refractivity contribution in [1.82, 2.24) is 10.3 Å². The van der Waals surface area contributed by atoms with Gasteiger partial charge in [-0.1, -0.05) is 18.2 Å². The van der Waals surface area contributed by atoms with Gasteiger partial charge in [0.1, 0.15) is 6.61 Å². The van der Waals surface area contributed by atoms with E-state index in [1.54, 1.807) is 30.5 Å². The summed E-state index contributed by atoms with van der Waals surface area (Å²) in [6, 6.07) is 20.0. The number of carbonyl (C=O) groups excluding carboxylic acids is 2. The van der Waals surface area contributed by atoms with Crippen LogP contribution in [0.1, 0.15) is 22.5 Å². The predicted octanol–water partition coefficient (Wildman–Crippen LogP) is 3.42. The Morgan fingerprint density at radius 2 is 1.84 bits per heavy atom. The molecule has 1 fully saturated rings. The van der Waals surface area contributed by atoms with Crippen LogP contribution >= 0.6 is 0 Å². The minimum atomic E-state index is -0.449. The first kappa shape index (κ1) is 21.2. The van der Waals surface area contributed by atoms with Crippen LogP contribution in [0.25, 0.3) is 0 Å². The molecule has 3 aromatic rings. The summed E-state index contributed by atoms with van der Waals surface area (Å²) in [5, 5.41) is 5.73. The van der Waals surface area contributed by atoms with Gasteiger partial charge < -0.3 is 26.0 Å². The number of nitrogens with zero attached hydrogens (tertiary/aromatic N) is 2. The summed E-state index contributed by atoms with van der Waals surface area (Å²) in [4.78, 5) is 30.9. The van der Waals surface area contributed by atoms with E-state index in [0.29, 0.717) is 29.2 Å². The topological polar surface area (TPSA) is 110 Å². The third-order valence-electron chi connectivity index (χ3n) is 5.29. The number of nitrogen functional groups attached to an aromatic ring is 1. The molecule has 1 saturated heterocycles. The molecule has 4 N–H and O–H groups in total. The average molecular weight is 431 g/mol. The number of aromatic nitrogens is 1. The summed E-state index contributed by atoms with van der Waals surface area (Å²) < 4.78 is 5.25. The summed E-state index contributed by atoms with van der Waals surface area (Å²) in [6.07, 6.45) is 2.03. The number of rotatable bonds is 6. The van der Waals surface area contributed by atoms with Gasteiger partial charge in [0.25, 0.3) is 5.91 Å². The van der Waals surface area contributed by atoms with Crippen molar-refractivity contribution in [3.8, 4) is 0 Å². The Hall–Kier alpha value is -4.07. The molecule has 8 heteroatoms. The lowest BCUT2D eigenvalue weighted by Crippen LogP contribution is -2.37. The number of amides is 2. The highest BCUT2D eigenvalue weighted by molar-refractivity contribution is 6.05. The van der Waals surface area contributed by atoms with Gasteiger partial charge in [0, 0.05) is 30.5 Å². The first-order valence-electron chi connectivity index (χ1n) is 10.4. The third-order valence-corrected chi connectivity index (χ3v) is 5.29. The number of nitrogens with one attached hydrogen (secondary N) is 2. The fraction of sp³-hybridized carbons (Fsp3) is 0.208. The highest BCUT2D eigenvalue weighted by Gasteiger charge is 2.24. The van der Waals surface area contributed by atoms with Gasteiger partial charge in [0.15, 0.2) is 0 Å². The van der Waals surface area contributed by atoms with Gasteiger partial charge >= 0.3 is 6.09 Å². The lowest BCUT2D eigenvalue weighted by atomic mass is 10.1. The Balaban J connectivity index is 1.27. The quantitative estimate of drug-likeness (QED) is 0.516. The number of ether oxygens (including phenoxy) is 1. The van der Waals surface area contributed by atoms with Crippen LogP contribution in [0.15, 0.2) is 72.9 Å². The molecule has 1 aliphatic rings. The van der Waals surface area contributed by atoms with Crippen molar-refractivity contribution in [3.63, 3.8) is 0 Å². The van der Waals surface area contributed by atoms with Crippen molar-refractivity contribution < 1.29 is 14.3 Å². The molecular weight excluding hydrogens is 406 g/mol. The smallest absolute Gasteiger partial charge is 0.407 e. The molecule has 8 nitrogen and oxygen atoms in total. The molecule has 164 valence electrons. The summed E-state index contributed by atoms with van der Waals surface area (Å²) in [5.41, 5.74) is 9.24. The molecule has 2 aromatic carbocycles. The van der Waals surface area contributed by atoms with Crippen LogP contribution in [0.4, 0.5) is 21.9 Å². The fourth-order valence-corrected chi connectivity index (χ4v) is 3.57. The molecule has 1 aromatic heterocycles. The molecule has 2 amide bonds. The van der Waals surface area contributed by atoms with Gasteiger partial charge in [-0.25, -0.2) is 4.79 Å². The van der Waals surface area contributed by atoms with Crippen molar-refractivity contribution in [2.24, 2.45) is 0 Å². The van der Waals surface area contributed by atoms with Crippen LogP contribution in [-0.4, -0.2) is 36.1 Å². The number of nitrogens with two attached hydrogens (primary N) is 1. The first-order valence-corrected chi connectivity index (χ1v) is 10.4. The molecule has 0 spiro atoms. The van der Waals surface area contributed by atoms with Gasteiger partial charge in [-0.15, -0.1) is 0 Å². The van der Waals surface area contributed by atoms with Crippen LogP contribution < -0.4 is 21.3 Å². The molecule has 0 saturated carbocycles. The van der Waals surface area contributed by atoms with Crippen molar-refractivity contribution in [3.05, 3.63) is 84.2 Å². The summed E-state index contributed by atoms with van der Waals surface area (Å²) in [6.45, 7) is 1.61. The van der Waals surface area contributed by atoms with Crippen LogP contribution in [0.5, 0.6) is 0 Å². The van der Waals surface area contributed by atoms with Crippen molar-refractivity contribution in [2.75, 3.05) is 29.0 Å². The number of anilines is 3. The van der Waals surface area contributed by atoms with Crippen molar-refractivity contribution in [2.45, 2.75) is 19.1 Å². The Labute approximate surface area is 186 Å². The monoisotopic (exact) mass is 431 g/mol. The molecule has 4 rings (SSSR count). The summed E-state index contributed by atoms with van der Waals surface area (Å²) in [5.74, 6) is -0.217.